The van der Waals surface area contributed by atoms with E-state index in [-0.39, 0.29) is 0 Å². The third-order valence-corrected chi connectivity index (χ3v) is 2.98. The zero-order valence-electron chi connectivity index (χ0n) is 11.6. The molecule has 0 aromatic heterocycles. The van der Waals surface area contributed by atoms with Gasteiger partial charge < -0.3 is 0 Å². The Bertz CT molecular complexity index is 182. The lowest BCUT2D eigenvalue weighted by Gasteiger charge is -1.99. The summed E-state index contributed by atoms with van der Waals surface area (Å²) in [6.45, 7) is 7.69. The minimum absolute atomic E-state index is 1.05. The molecule has 0 heteroatoms. The molecule has 0 spiro atoms. The maximum absolute atomic E-state index is 3.86. The highest BCUT2D eigenvalue weighted by Crippen LogP contribution is 2.09. The van der Waals surface area contributed by atoms with Gasteiger partial charge in [-0.25, -0.2) is 0 Å². The zero-order valence-corrected chi connectivity index (χ0v) is 11.6. The molecule has 0 N–H and O–H groups in total. The van der Waals surface area contributed by atoms with Gasteiger partial charge in [0.25, 0.3) is 0 Å². The van der Waals surface area contributed by atoms with E-state index in [1.807, 2.05) is 0 Å². The molecular weight excluding hydrogens is 204 g/mol. The van der Waals surface area contributed by atoms with Crippen LogP contribution in [0.25, 0.3) is 0 Å². The van der Waals surface area contributed by atoms with Crippen molar-refractivity contribution in [3.63, 3.8) is 0 Å². The average molecular weight is 234 g/mol. The van der Waals surface area contributed by atoms with E-state index in [2.05, 4.69) is 25.7 Å². The number of rotatable bonds is 11. The summed E-state index contributed by atoms with van der Waals surface area (Å²) in [5.41, 5.74) is 0. The van der Waals surface area contributed by atoms with E-state index in [9.17, 15) is 0 Å². The van der Waals surface area contributed by atoms with E-state index < -0.39 is 0 Å². The van der Waals surface area contributed by atoms with Crippen molar-refractivity contribution < 1.29 is 0 Å². The third kappa shape index (κ3) is 15.6. The van der Waals surface area contributed by atoms with Crippen molar-refractivity contribution in [2.45, 2.75) is 83.5 Å². The number of unbranched alkanes of at least 4 members (excludes halogenated alkanes) is 11. The Hall–Kier alpha value is -0.440. The molecule has 0 saturated heterocycles. The van der Waals surface area contributed by atoms with Gasteiger partial charge in [-0.1, -0.05) is 71.6 Å². The van der Waals surface area contributed by atoms with Crippen molar-refractivity contribution in [1.82, 2.24) is 0 Å². The van der Waals surface area contributed by atoms with Gasteiger partial charge in [-0.2, -0.15) is 0 Å². The molecule has 0 nitrogen and oxygen atoms in total. The predicted octanol–water partition coefficient (Wildman–Crippen LogP) is 5.73. The zero-order chi connectivity index (χ0) is 12.6. The second-order valence-electron chi connectivity index (χ2n) is 4.74. The first kappa shape index (κ1) is 16.6. The summed E-state index contributed by atoms with van der Waals surface area (Å²) >= 11 is 0. The molecule has 17 heavy (non-hydrogen) atoms. The normalized spacial score (nSPS) is 10.0. The molecule has 0 heterocycles. The Balaban J connectivity index is 3.02. The lowest BCUT2D eigenvalue weighted by molar-refractivity contribution is 0.585. The second kappa shape index (κ2) is 15.6. The molecule has 2 radical (unpaired) electrons. The van der Waals surface area contributed by atoms with Crippen LogP contribution < -0.4 is 0 Å². The maximum atomic E-state index is 3.86. The first-order chi connectivity index (χ1) is 8.41. The van der Waals surface area contributed by atoms with Crippen LogP contribution >= 0.6 is 0 Å². The van der Waals surface area contributed by atoms with Crippen LogP contribution in [-0.4, -0.2) is 0 Å². The molecule has 0 rings (SSSR count). The van der Waals surface area contributed by atoms with Crippen LogP contribution in [0.2, 0.25) is 0 Å². The largest absolute Gasteiger partial charge is 0.103 e. The highest BCUT2D eigenvalue weighted by Gasteiger charge is 1.90. The summed E-state index contributed by atoms with van der Waals surface area (Å²) in [5.74, 6) is 6.53. The van der Waals surface area contributed by atoms with Gasteiger partial charge in [-0.3, -0.25) is 0 Å². The van der Waals surface area contributed by atoms with Gasteiger partial charge in [0.15, 0.2) is 0 Å². The Morgan fingerprint density at radius 3 is 1.35 bits per heavy atom. The first-order valence-corrected chi connectivity index (χ1v) is 7.46. The van der Waals surface area contributed by atoms with Crippen LogP contribution in [0.1, 0.15) is 83.5 Å². The van der Waals surface area contributed by atoms with E-state index in [1.54, 1.807) is 0 Å². The van der Waals surface area contributed by atoms with Gasteiger partial charge in [0.1, 0.15) is 0 Å². The Kier molecular flexibility index (Phi) is 15.2. The second-order valence-corrected chi connectivity index (χ2v) is 4.74. The standard InChI is InChI=1S/C17H30/c1-3-5-7-9-11-13-15-17-16-14-12-10-8-6-4-2/h1-11,13,15-17H2. The molecule has 0 aromatic rings. The van der Waals surface area contributed by atoms with Gasteiger partial charge >= 0.3 is 0 Å². The maximum Gasteiger partial charge on any atom is 0.00886 e. The fourth-order valence-corrected chi connectivity index (χ4v) is 1.84. The molecule has 0 fully saturated rings. The van der Waals surface area contributed by atoms with Crippen LogP contribution in [0.4, 0.5) is 0 Å². The Labute approximate surface area is 110 Å². The van der Waals surface area contributed by atoms with Crippen molar-refractivity contribution >= 4 is 0 Å². The van der Waals surface area contributed by atoms with Crippen LogP contribution in [0.3, 0.4) is 0 Å². The van der Waals surface area contributed by atoms with Gasteiger partial charge in [0, 0.05) is 12.8 Å². The van der Waals surface area contributed by atoms with Crippen molar-refractivity contribution in [2.75, 3.05) is 0 Å². The van der Waals surface area contributed by atoms with Crippen LogP contribution in [0.5, 0.6) is 0 Å². The van der Waals surface area contributed by atoms with Crippen LogP contribution in [0, 0.1) is 25.7 Å². The SMILES string of the molecule is [CH2]CCCCC#CCCCCCCCCC[CH2]. The number of hydrogen-bond donors (Lipinski definition) is 0. The average Bonchev–Trinajstić information content (AvgIpc) is 2.35. The molecule has 0 aliphatic carbocycles. The monoisotopic (exact) mass is 234 g/mol. The van der Waals surface area contributed by atoms with Gasteiger partial charge in [0.2, 0.25) is 0 Å². The molecule has 0 aromatic carbocycles. The minimum atomic E-state index is 1.05. The molecule has 0 aliphatic heterocycles. The predicted molar refractivity (Wildman–Crippen MR) is 78.5 cm³/mol. The summed E-state index contributed by atoms with van der Waals surface area (Å²) in [5, 5.41) is 0. The Morgan fingerprint density at radius 2 is 0.824 bits per heavy atom. The summed E-state index contributed by atoms with van der Waals surface area (Å²) < 4.78 is 0. The van der Waals surface area contributed by atoms with E-state index in [1.165, 1.54) is 57.8 Å². The van der Waals surface area contributed by atoms with Crippen LogP contribution in [-0.2, 0) is 0 Å². The molecule has 0 aliphatic rings. The topological polar surface area (TPSA) is 0 Å². The summed E-state index contributed by atoms with van der Waals surface area (Å²) in [6, 6.07) is 0. The van der Waals surface area contributed by atoms with E-state index >= 15 is 0 Å². The lowest BCUT2D eigenvalue weighted by atomic mass is 10.1. The van der Waals surface area contributed by atoms with Crippen molar-refractivity contribution in [3.8, 4) is 11.8 Å². The summed E-state index contributed by atoms with van der Waals surface area (Å²) in [7, 11) is 0. The quantitative estimate of drug-likeness (QED) is 0.316. The smallest absolute Gasteiger partial charge is 0.00886 e. The summed E-state index contributed by atoms with van der Waals surface area (Å²) in [6.07, 6.45) is 16.3. The molecule has 0 bridgehead atoms. The minimum Gasteiger partial charge on any atom is -0.103 e. The third-order valence-electron chi connectivity index (χ3n) is 2.98. The molecule has 98 valence electrons. The van der Waals surface area contributed by atoms with E-state index in [4.69, 9.17) is 0 Å². The van der Waals surface area contributed by atoms with Gasteiger partial charge in [-0.15, -0.1) is 11.8 Å². The molecule has 0 amide bonds. The van der Waals surface area contributed by atoms with E-state index in [0.29, 0.717) is 0 Å². The first-order valence-electron chi connectivity index (χ1n) is 7.46. The summed E-state index contributed by atoms with van der Waals surface area (Å²) in [4.78, 5) is 0. The highest BCUT2D eigenvalue weighted by atomic mass is 14.0. The Morgan fingerprint density at radius 1 is 0.471 bits per heavy atom. The fourth-order valence-electron chi connectivity index (χ4n) is 1.84. The lowest BCUT2D eigenvalue weighted by Crippen LogP contribution is -1.80. The van der Waals surface area contributed by atoms with Gasteiger partial charge in [0.05, 0.1) is 0 Å². The van der Waals surface area contributed by atoms with E-state index in [0.717, 1.165) is 25.7 Å². The van der Waals surface area contributed by atoms with Crippen LogP contribution in [0.15, 0.2) is 0 Å². The molecule has 0 saturated carbocycles. The molecule has 0 unspecified atom stereocenters. The molecule has 0 atom stereocenters. The van der Waals surface area contributed by atoms with Crippen molar-refractivity contribution in [2.24, 2.45) is 0 Å². The van der Waals surface area contributed by atoms with Crippen molar-refractivity contribution in [3.05, 3.63) is 13.8 Å². The highest BCUT2D eigenvalue weighted by molar-refractivity contribution is 4.98. The number of hydrogen-bond acceptors (Lipinski definition) is 0. The molecular formula is C17H30. The van der Waals surface area contributed by atoms with Crippen molar-refractivity contribution in [1.29, 1.82) is 0 Å². The van der Waals surface area contributed by atoms with Gasteiger partial charge in [-0.05, 0) is 12.8 Å². The fraction of sp³-hybridized carbons (Fsp3) is 0.765.